The Morgan fingerprint density at radius 3 is 2.22 bits per heavy atom. The van der Waals surface area contributed by atoms with E-state index in [4.69, 9.17) is 14.2 Å². The number of piperidine rings is 1. The van der Waals surface area contributed by atoms with Crippen LogP contribution in [0.25, 0.3) is 5.57 Å². The number of aryl methyl sites for hydroxylation is 1. The lowest BCUT2D eigenvalue weighted by Gasteiger charge is -2.43. The number of methoxy groups -OCH3 is 2. The highest BCUT2D eigenvalue weighted by atomic mass is 16.5. The molecule has 0 unspecified atom stereocenters. The van der Waals surface area contributed by atoms with Crippen molar-refractivity contribution in [3.8, 4) is 11.5 Å². The maximum atomic E-state index is 6.60. The average molecular weight is 667 g/mol. The van der Waals surface area contributed by atoms with Crippen LogP contribution in [0.3, 0.4) is 0 Å². The van der Waals surface area contributed by atoms with Gasteiger partial charge in [0.25, 0.3) is 0 Å². The van der Waals surface area contributed by atoms with Gasteiger partial charge in [-0.25, -0.2) is 0 Å². The second-order valence-corrected chi connectivity index (χ2v) is 15.4. The maximum absolute atomic E-state index is 6.60. The molecule has 1 heterocycles. The van der Waals surface area contributed by atoms with Gasteiger partial charge < -0.3 is 24.0 Å². The highest BCUT2D eigenvalue weighted by Crippen LogP contribution is 2.46. The minimum atomic E-state index is -0.190. The van der Waals surface area contributed by atoms with Crippen LogP contribution in [0.1, 0.15) is 121 Å². The Bertz CT molecular complexity index is 1510. The molecule has 2 aromatic carbocycles. The van der Waals surface area contributed by atoms with Crippen molar-refractivity contribution in [1.29, 1.82) is 0 Å². The molecule has 0 spiro atoms. The lowest BCUT2D eigenvalue weighted by Crippen LogP contribution is -2.46. The fraction of sp³-hybridized carbons (Fsp3) is 0.545. The molecule has 5 nitrogen and oxygen atoms in total. The van der Waals surface area contributed by atoms with E-state index in [-0.39, 0.29) is 5.60 Å². The Morgan fingerprint density at radius 2 is 1.67 bits per heavy atom. The summed E-state index contributed by atoms with van der Waals surface area (Å²) in [6.45, 7) is 16.1. The van der Waals surface area contributed by atoms with Gasteiger partial charge in [-0.05, 0) is 138 Å². The summed E-state index contributed by atoms with van der Waals surface area (Å²) in [5.41, 5.74) is 8.93. The van der Waals surface area contributed by atoms with Gasteiger partial charge in [0.1, 0.15) is 5.60 Å². The Morgan fingerprint density at radius 1 is 0.959 bits per heavy atom. The summed E-state index contributed by atoms with van der Waals surface area (Å²) in [7, 11) is 3.51. The van der Waals surface area contributed by atoms with Gasteiger partial charge in [0, 0.05) is 36.9 Å². The van der Waals surface area contributed by atoms with Crippen LogP contribution in [-0.4, -0.2) is 50.4 Å². The van der Waals surface area contributed by atoms with Crippen molar-refractivity contribution < 1.29 is 14.2 Å². The monoisotopic (exact) mass is 666 g/mol. The van der Waals surface area contributed by atoms with E-state index >= 15 is 0 Å². The lowest BCUT2D eigenvalue weighted by atomic mass is 9.78. The number of unbranched alkanes of at least 4 members (excludes halogenated alkanes) is 1. The SMILES string of the molecule is CCC\C=C/C=C(\C=C(/C)c1cc(OC)c(OC)c(C2CCC2)c1)CN(c1ccc(C)cc1)C1CCN(C(OC(C)(C)C)=C2CCC2)CC1. The zero-order valence-electron chi connectivity index (χ0n) is 31.7. The van der Waals surface area contributed by atoms with E-state index < -0.39 is 0 Å². The maximum Gasteiger partial charge on any atom is 0.188 e. The molecule has 2 aliphatic carbocycles. The summed E-state index contributed by atoms with van der Waals surface area (Å²) in [5.74, 6) is 3.42. The highest BCUT2D eigenvalue weighted by Gasteiger charge is 2.31. The van der Waals surface area contributed by atoms with Crippen LogP contribution in [0.2, 0.25) is 0 Å². The third-order valence-corrected chi connectivity index (χ3v) is 10.4. The standard InChI is InChI=1S/C44H62N2O3/c1-9-10-11-12-15-34(28-33(3)37-29-40(35-16-13-17-35)42(48-8)41(30-37)47-7)31-46(38-22-20-32(2)21-23-38)39-24-26-45(27-25-39)43(36-18-14-19-36)49-44(4,5)6/h11-12,15,20-23,28-30,35,39H,9-10,13-14,16-19,24-27,31H2,1-8H3/b12-11-,33-28+,34-15+. The van der Waals surface area contributed by atoms with Gasteiger partial charge in [0.15, 0.2) is 17.4 Å². The number of benzene rings is 2. The summed E-state index contributed by atoms with van der Waals surface area (Å²) < 4.78 is 18.4. The molecular weight excluding hydrogens is 604 g/mol. The number of nitrogens with zero attached hydrogens (tertiary/aromatic N) is 2. The molecule has 5 rings (SSSR count). The van der Waals surface area contributed by atoms with Crippen LogP contribution in [-0.2, 0) is 4.74 Å². The quantitative estimate of drug-likeness (QED) is 0.148. The molecule has 1 aliphatic heterocycles. The fourth-order valence-corrected chi connectivity index (χ4v) is 7.17. The predicted molar refractivity (Wildman–Crippen MR) is 207 cm³/mol. The first-order valence-electron chi connectivity index (χ1n) is 18.9. The Balaban J connectivity index is 1.45. The molecule has 0 atom stereocenters. The number of likely N-dealkylation sites (tertiary alicyclic amines) is 1. The molecule has 0 aromatic heterocycles. The van der Waals surface area contributed by atoms with E-state index in [9.17, 15) is 0 Å². The largest absolute Gasteiger partial charge is 0.493 e. The Hall–Kier alpha value is -3.60. The Labute approximate surface area is 297 Å². The van der Waals surface area contributed by atoms with E-state index in [0.29, 0.717) is 12.0 Å². The van der Waals surface area contributed by atoms with Crippen molar-refractivity contribution in [2.45, 2.75) is 123 Å². The van der Waals surface area contributed by atoms with Gasteiger partial charge in [-0.3, -0.25) is 0 Å². The smallest absolute Gasteiger partial charge is 0.188 e. The van der Waals surface area contributed by atoms with Gasteiger partial charge >= 0.3 is 0 Å². The zero-order valence-corrected chi connectivity index (χ0v) is 31.7. The first-order chi connectivity index (χ1) is 23.6. The average Bonchev–Trinajstić information content (AvgIpc) is 3.03. The van der Waals surface area contributed by atoms with E-state index in [1.807, 2.05) is 0 Å². The molecule has 266 valence electrons. The van der Waals surface area contributed by atoms with Crippen molar-refractivity contribution in [2.75, 3.05) is 38.8 Å². The van der Waals surface area contributed by atoms with Crippen molar-refractivity contribution in [3.05, 3.63) is 94.4 Å². The van der Waals surface area contributed by atoms with Crippen LogP contribution in [0.5, 0.6) is 11.5 Å². The predicted octanol–water partition coefficient (Wildman–Crippen LogP) is 11.1. The number of hydrogen-bond acceptors (Lipinski definition) is 5. The first kappa shape index (κ1) is 36.7. The summed E-state index contributed by atoms with van der Waals surface area (Å²) in [5, 5.41) is 0. The molecule has 3 fully saturated rings. The molecule has 3 aliphatic rings. The summed E-state index contributed by atoms with van der Waals surface area (Å²) >= 11 is 0. The molecule has 1 saturated heterocycles. The van der Waals surface area contributed by atoms with Gasteiger partial charge in [-0.2, -0.15) is 0 Å². The lowest BCUT2D eigenvalue weighted by molar-refractivity contribution is -0.00915. The first-order valence-corrected chi connectivity index (χ1v) is 18.9. The summed E-state index contributed by atoms with van der Waals surface area (Å²) in [4.78, 5) is 5.20. The molecule has 2 saturated carbocycles. The van der Waals surface area contributed by atoms with Gasteiger partial charge in [0.05, 0.1) is 14.2 Å². The number of ether oxygens (including phenoxy) is 3. The van der Waals surface area contributed by atoms with Crippen LogP contribution in [0.15, 0.2) is 77.7 Å². The minimum Gasteiger partial charge on any atom is -0.493 e. The Kier molecular flexibility index (Phi) is 12.6. The van der Waals surface area contributed by atoms with E-state index in [2.05, 4.69) is 112 Å². The molecule has 49 heavy (non-hydrogen) atoms. The van der Waals surface area contributed by atoms with Gasteiger partial charge in [-0.15, -0.1) is 0 Å². The molecule has 2 aromatic rings. The van der Waals surface area contributed by atoms with E-state index in [1.165, 1.54) is 77.6 Å². The van der Waals surface area contributed by atoms with Gasteiger partial charge in [0.2, 0.25) is 0 Å². The molecule has 0 N–H and O–H groups in total. The van der Waals surface area contributed by atoms with Crippen LogP contribution < -0.4 is 14.4 Å². The second-order valence-electron chi connectivity index (χ2n) is 15.4. The normalized spacial score (nSPS) is 18.0. The van der Waals surface area contributed by atoms with Crippen molar-refractivity contribution in [3.63, 3.8) is 0 Å². The summed E-state index contributed by atoms with van der Waals surface area (Å²) in [6, 6.07) is 14.1. The van der Waals surface area contributed by atoms with Crippen LogP contribution >= 0.6 is 0 Å². The van der Waals surface area contributed by atoms with Crippen molar-refractivity contribution >= 4 is 11.3 Å². The third kappa shape index (κ3) is 9.55. The molecule has 5 heteroatoms. The fourth-order valence-electron chi connectivity index (χ4n) is 7.17. The number of rotatable bonds is 14. The van der Waals surface area contributed by atoms with E-state index in [0.717, 1.165) is 62.7 Å². The topological polar surface area (TPSA) is 34.2 Å². The number of anilines is 1. The van der Waals surface area contributed by atoms with E-state index in [1.54, 1.807) is 14.2 Å². The molecule has 0 bridgehead atoms. The van der Waals surface area contributed by atoms with Crippen LogP contribution in [0, 0.1) is 6.92 Å². The van der Waals surface area contributed by atoms with Crippen molar-refractivity contribution in [2.24, 2.45) is 0 Å². The highest BCUT2D eigenvalue weighted by molar-refractivity contribution is 5.71. The summed E-state index contributed by atoms with van der Waals surface area (Å²) in [6.07, 6.45) is 21.1. The molecular formula is C44H62N2O3. The van der Waals surface area contributed by atoms with Crippen LogP contribution in [0.4, 0.5) is 5.69 Å². The third-order valence-electron chi connectivity index (χ3n) is 10.4. The molecule has 0 radical (unpaired) electrons. The number of hydrogen-bond donors (Lipinski definition) is 0. The minimum absolute atomic E-state index is 0.190. The zero-order chi connectivity index (χ0) is 35.0. The second kappa shape index (κ2) is 16.9. The van der Waals surface area contributed by atoms with Gasteiger partial charge in [-0.1, -0.05) is 61.8 Å². The molecule has 0 amide bonds. The number of allylic oxidation sites excluding steroid dienone is 5. The van der Waals surface area contributed by atoms with Crippen molar-refractivity contribution in [1.82, 2.24) is 4.90 Å².